The number of methoxy groups -OCH3 is 1. The predicted molar refractivity (Wildman–Crippen MR) is 67.6 cm³/mol. The molecule has 0 unspecified atom stereocenters. The van der Waals surface area contributed by atoms with Gasteiger partial charge in [0.15, 0.2) is 0 Å². The van der Waals surface area contributed by atoms with E-state index in [-0.39, 0.29) is 5.82 Å². The van der Waals surface area contributed by atoms with Gasteiger partial charge in [0.2, 0.25) is 5.82 Å². The lowest BCUT2D eigenvalue weighted by Gasteiger charge is -2.06. The normalized spacial score (nSPS) is 10.1. The number of nitrogens with zero attached hydrogens (tertiary/aromatic N) is 2. The predicted octanol–water partition coefficient (Wildman–Crippen LogP) is 1.49. The van der Waals surface area contributed by atoms with Crippen molar-refractivity contribution in [2.45, 2.75) is 19.8 Å². The van der Waals surface area contributed by atoms with Crippen molar-refractivity contribution in [1.29, 1.82) is 0 Å². The third-order valence-corrected chi connectivity index (χ3v) is 2.14. The van der Waals surface area contributed by atoms with E-state index in [1.165, 1.54) is 13.3 Å². The first kappa shape index (κ1) is 14.4. The van der Waals surface area contributed by atoms with Crippen LogP contribution in [-0.4, -0.2) is 42.8 Å². The van der Waals surface area contributed by atoms with Gasteiger partial charge in [-0.3, -0.25) is 0 Å². The van der Waals surface area contributed by atoms with E-state index >= 15 is 0 Å². The number of ether oxygens (including phenoxy) is 2. The Morgan fingerprint density at radius 2 is 2.28 bits per heavy atom. The van der Waals surface area contributed by atoms with Gasteiger partial charge in [-0.1, -0.05) is 6.92 Å². The van der Waals surface area contributed by atoms with E-state index in [2.05, 4.69) is 26.9 Å². The second kappa shape index (κ2) is 8.41. The molecule has 0 spiro atoms. The molecule has 6 nitrogen and oxygen atoms in total. The molecule has 0 saturated heterocycles. The van der Waals surface area contributed by atoms with Gasteiger partial charge in [0.05, 0.1) is 7.11 Å². The topological polar surface area (TPSA) is 73.3 Å². The third-order valence-electron chi connectivity index (χ3n) is 2.14. The molecule has 0 fully saturated rings. The Labute approximate surface area is 107 Å². The Bertz CT molecular complexity index is 371. The summed E-state index contributed by atoms with van der Waals surface area (Å²) in [7, 11) is 1.30. The number of esters is 1. The summed E-state index contributed by atoms with van der Waals surface area (Å²) in [4.78, 5) is 19.1. The summed E-state index contributed by atoms with van der Waals surface area (Å²) in [6.07, 6.45) is 3.44. The summed E-state index contributed by atoms with van der Waals surface area (Å²) in [5, 5.41) is 3.10. The number of carbonyl (C=O) groups excluding carboxylic acids is 1. The fourth-order valence-electron chi connectivity index (χ4n) is 1.28. The molecule has 6 heteroatoms. The van der Waals surface area contributed by atoms with Gasteiger partial charge in [-0.2, -0.15) is 0 Å². The second-order valence-corrected chi connectivity index (χ2v) is 3.65. The molecular weight excluding hydrogens is 234 g/mol. The smallest absolute Gasteiger partial charge is 0.376 e. The molecule has 1 aromatic heterocycles. The number of hydrogen-bond donors (Lipinski definition) is 1. The maximum Gasteiger partial charge on any atom is 0.376 e. The Hall–Kier alpha value is -1.69. The summed E-state index contributed by atoms with van der Waals surface area (Å²) in [6.45, 7) is 4.32. The van der Waals surface area contributed by atoms with Crippen LogP contribution in [0.25, 0.3) is 0 Å². The molecule has 1 aromatic rings. The van der Waals surface area contributed by atoms with E-state index in [1.54, 1.807) is 6.07 Å². The third kappa shape index (κ3) is 5.09. The van der Waals surface area contributed by atoms with E-state index in [9.17, 15) is 4.79 Å². The van der Waals surface area contributed by atoms with Gasteiger partial charge in [0.1, 0.15) is 5.82 Å². The first-order valence-corrected chi connectivity index (χ1v) is 6.01. The minimum atomic E-state index is -0.537. The number of carbonyl (C=O) groups is 1. The average Bonchev–Trinajstić information content (AvgIpc) is 2.42. The zero-order valence-electron chi connectivity index (χ0n) is 10.8. The SMILES string of the molecule is CCCOCCCNc1ccnc(C(=O)OC)n1. The van der Waals surface area contributed by atoms with Crippen LogP contribution in [0, 0.1) is 0 Å². The van der Waals surface area contributed by atoms with Gasteiger partial charge < -0.3 is 14.8 Å². The Balaban J connectivity index is 2.32. The fraction of sp³-hybridized carbons (Fsp3) is 0.583. The molecule has 1 heterocycles. The van der Waals surface area contributed by atoms with Gasteiger partial charge in [-0.15, -0.1) is 0 Å². The minimum absolute atomic E-state index is 0.0599. The van der Waals surface area contributed by atoms with Crippen LogP contribution in [0.4, 0.5) is 5.82 Å². The second-order valence-electron chi connectivity index (χ2n) is 3.65. The lowest BCUT2D eigenvalue weighted by atomic mass is 10.4. The number of hydrogen-bond acceptors (Lipinski definition) is 6. The molecule has 1 rings (SSSR count). The first-order chi connectivity index (χ1) is 8.77. The molecule has 0 aliphatic rings. The van der Waals surface area contributed by atoms with Crippen molar-refractivity contribution in [3.63, 3.8) is 0 Å². The van der Waals surface area contributed by atoms with Gasteiger partial charge >= 0.3 is 5.97 Å². The monoisotopic (exact) mass is 253 g/mol. The van der Waals surface area contributed by atoms with Crippen LogP contribution in [-0.2, 0) is 9.47 Å². The van der Waals surface area contributed by atoms with Crippen molar-refractivity contribution in [3.8, 4) is 0 Å². The maximum absolute atomic E-state index is 11.2. The minimum Gasteiger partial charge on any atom is -0.463 e. The number of aromatic nitrogens is 2. The zero-order valence-corrected chi connectivity index (χ0v) is 10.8. The molecule has 0 amide bonds. The molecule has 0 aliphatic heterocycles. The first-order valence-electron chi connectivity index (χ1n) is 6.01. The van der Waals surface area contributed by atoms with Crippen LogP contribution < -0.4 is 5.32 Å². The molecule has 18 heavy (non-hydrogen) atoms. The molecule has 0 aliphatic carbocycles. The largest absolute Gasteiger partial charge is 0.463 e. The lowest BCUT2D eigenvalue weighted by molar-refractivity contribution is 0.0587. The quantitative estimate of drug-likeness (QED) is 0.559. The highest BCUT2D eigenvalue weighted by molar-refractivity contribution is 5.85. The van der Waals surface area contributed by atoms with Crippen LogP contribution in [0.1, 0.15) is 30.4 Å². The molecule has 100 valence electrons. The fourth-order valence-corrected chi connectivity index (χ4v) is 1.28. The highest BCUT2D eigenvalue weighted by Gasteiger charge is 2.08. The van der Waals surface area contributed by atoms with E-state index in [1.807, 2.05) is 0 Å². The van der Waals surface area contributed by atoms with E-state index < -0.39 is 5.97 Å². The standard InChI is InChI=1S/C12H19N3O3/c1-3-8-18-9-4-6-13-10-5-7-14-11(15-10)12(16)17-2/h5,7H,3-4,6,8-9H2,1-2H3,(H,13,14,15). The summed E-state index contributed by atoms with van der Waals surface area (Å²) >= 11 is 0. The van der Waals surface area contributed by atoms with E-state index in [0.29, 0.717) is 5.82 Å². The zero-order chi connectivity index (χ0) is 13.2. The van der Waals surface area contributed by atoms with Crippen molar-refractivity contribution in [3.05, 3.63) is 18.1 Å². The molecule has 0 saturated carbocycles. The van der Waals surface area contributed by atoms with Crippen LogP contribution in [0.15, 0.2) is 12.3 Å². The molecule has 1 N–H and O–H groups in total. The van der Waals surface area contributed by atoms with Crippen LogP contribution in [0.5, 0.6) is 0 Å². The number of nitrogens with one attached hydrogen (secondary N) is 1. The Morgan fingerprint density at radius 3 is 3.00 bits per heavy atom. The van der Waals surface area contributed by atoms with E-state index in [4.69, 9.17) is 4.74 Å². The van der Waals surface area contributed by atoms with Crippen molar-refractivity contribution >= 4 is 11.8 Å². The molecule has 0 atom stereocenters. The van der Waals surface area contributed by atoms with Crippen LogP contribution >= 0.6 is 0 Å². The summed E-state index contributed by atoms with van der Waals surface area (Å²) in [6, 6.07) is 1.71. The number of rotatable bonds is 8. The van der Waals surface area contributed by atoms with Gasteiger partial charge in [-0.05, 0) is 18.9 Å². The van der Waals surface area contributed by atoms with Crippen LogP contribution in [0.2, 0.25) is 0 Å². The molecule has 0 radical (unpaired) electrons. The summed E-state index contributed by atoms with van der Waals surface area (Å²) < 4.78 is 9.90. The number of anilines is 1. The van der Waals surface area contributed by atoms with Crippen molar-refractivity contribution in [2.24, 2.45) is 0 Å². The van der Waals surface area contributed by atoms with E-state index in [0.717, 1.165) is 32.6 Å². The molecule has 0 aromatic carbocycles. The van der Waals surface area contributed by atoms with Crippen LogP contribution in [0.3, 0.4) is 0 Å². The van der Waals surface area contributed by atoms with Crippen molar-refractivity contribution < 1.29 is 14.3 Å². The maximum atomic E-state index is 11.2. The van der Waals surface area contributed by atoms with Gasteiger partial charge in [0, 0.05) is 26.0 Å². The van der Waals surface area contributed by atoms with Gasteiger partial charge in [0.25, 0.3) is 0 Å². The summed E-state index contributed by atoms with van der Waals surface area (Å²) in [5.74, 6) is 0.135. The highest BCUT2D eigenvalue weighted by atomic mass is 16.5. The average molecular weight is 253 g/mol. The lowest BCUT2D eigenvalue weighted by Crippen LogP contribution is -2.11. The highest BCUT2D eigenvalue weighted by Crippen LogP contribution is 2.03. The van der Waals surface area contributed by atoms with Gasteiger partial charge in [-0.25, -0.2) is 14.8 Å². The molecular formula is C12H19N3O3. The van der Waals surface area contributed by atoms with Crippen molar-refractivity contribution in [1.82, 2.24) is 9.97 Å². The van der Waals surface area contributed by atoms with Crippen molar-refractivity contribution in [2.75, 3.05) is 32.2 Å². The molecule has 0 bridgehead atoms. The Morgan fingerprint density at radius 1 is 1.44 bits per heavy atom. The summed E-state index contributed by atoms with van der Waals surface area (Å²) in [5.41, 5.74) is 0. The Kier molecular flexibility index (Phi) is 6.71.